The molecule has 162 valence electrons. The molecule has 0 heterocycles. The van der Waals surface area contributed by atoms with Gasteiger partial charge in [0.1, 0.15) is 5.28 Å². The zero-order chi connectivity index (χ0) is 22.4. The van der Waals surface area contributed by atoms with Crippen molar-refractivity contribution in [2.75, 3.05) is 6.54 Å². The van der Waals surface area contributed by atoms with Gasteiger partial charge in [0, 0.05) is 6.54 Å². The fourth-order valence-electron chi connectivity index (χ4n) is 2.84. The van der Waals surface area contributed by atoms with Crippen LogP contribution in [0, 0.1) is 0 Å². The summed E-state index contributed by atoms with van der Waals surface area (Å²) in [5, 5.41) is 12.4. The molecule has 0 saturated carbocycles. The third-order valence-electron chi connectivity index (χ3n) is 4.71. The average Bonchev–Trinajstić information content (AvgIpc) is 2.67. The molecule has 0 aliphatic heterocycles. The van der Waals surface area contributed by atoms with Crippen LogP contribution < -0.4 is 10.6 Å². The van der Waals surface area contributed by atoms with E-state index in [2.05, 4.69) is 10.6 Å². The summed E-state index contributed by atoms with van der Waals surface area (Å²) in [5.74, 6) is -1.57. The molecule has 0 aromatic heterocycles. The number of carboxylic acids is 1. The van der Waals surface area contributed by atoms with Gasteiger partial charge in [-0.2, -0.15) is 0 Å². The van der Waals surface area contributed by atoms with E-state index >= 15 is 0 Å². The van der Waals surface area contributed by atoms with E-state index in [4.69, 9.17) is 5.11 Å². The number of nitrogens with one attached hydrogen (secondary N) is 2. The minimum absolute atomic E-state index is 0.0738. The number of hydrogen-bond donors (Lipinski definition) is 5. The topological polar surface area (TPSA) is 136 Å². The maximum absolute atomic E-state index is 12.6. The molecule has 0 aliphatic rings. The quantitative estimate of drug-likeness (QED) is 0.362. The van der Waals surface area contributed by atoms with Gasteiger partial charge in [0.2, 0.25) is 5.91 Å². The van der Waals surface area contributed by atoms with Crippen molar-refractivity contribution >= 4 is 19.5 Å². The zero-order valence-electron chi connectivity index (χ0n) is 16.9. The molecule has 2 aromatic carbocycles. The Morgan fingerprint density at radius 1 is 1.00 bits per heavy atom. The molecule has 0 fully saturated rings. The number of carboxylic acid groups (broad SMARTS) is 1. The molecule has 0 spiro atoms. The predicted molar refractivity (Wildman–Crippen MR) is 114 cm³/mol. The van der Waals surface area contributed by atoms with Gasteiger partial charge in [-0.05, 0) is 37.0 Å². The van der Waals surface area contributed by atoms with Crippen LogP contribution >= 0.6 is 7.60 Å². The minimum Gasteiger partial charge on any atom is -0.481 e. The molecule has 5 N–H and O–H groups in total. The standard InChI is InChI=1S/C21H27N2O6P/c1-21(2,30(27,28)29)23-18(20(26)22-13-12-19(24)25)14-15-8-10-17(11-9-15)16-6-4-3-5-7-16/h3-11,18,23H,12-14H2,1-2H3,(H,22,26)(H,24,25)(H2,27,28,29). The van der Waals surface area contributed by atoms with Crippen molar-refractivity contribution < 1.29 is 29.0 Å². The van der Waals surface area contributed by atoms with E-state index in [1.54, 1.807) is 0 Å². The summed E-state index contributed by atoms with van der Waals surface area (Å²) in [5.41, 5.74) is 2.85. The van der Waals surface area contributed by atoms with Crippen LogP contribution in [0.1, 0.15) is 25.8 Å². The second-order valence-electron chi connectivity index (χ2n) is 7.50. The van der Waals surface area contributed by atoms with Crippen molar-refractivity contribution in [2.24, 2.45) is 0 Å². The summed E-state index contributed by atoms with van der Waals surface area (Å²) < 4.78 is 11.8. The molecule has 0 aliphatic carbocycles. The van der Waals surface area contributed by atoms with E-state index in [1.807, 2.05) is 54.6 Å². The van der Waals surface area contributed by atoms with Crippen LogP contribution in [-0.2, 0) is 20.6 Å². The van der Waals surface area contributed by atoms with Crippen LogP contribution in [0.4, 0.5) is 0 Å². The first-order valence-corrected chi connectivity index (χ1v) is 11.1. The van der Waals surface area contributed by atoms with Gasteiger partial charge >= 0.3 is 13.6 Å². The van der Waals surface area contributed by atoms with E-state index < -0.39 is 30.8 Å². The first-order valence-electron chi connectivity index (χ1n) is 9.47. The van der Waals surface area contributed by atoms with Crippen LogP contribution in [0.2, 0.25) is 0 Å². The largest absolute Gasteiger partial charge is 0.481 e. The van der Waals surface area contributed by atoms with Gasteiger partial charge in [-0.15, -0.1) is 0 Å². The van der Waals surface area contributed by atoms with Gasteiger partial charge in [-0.3, -0.25) is 19.5 Å². The van der Waals surface area contributed by atoms with Gasteiger partial charge < -0.3 is 20.2 Å². The molecule has 1 atom stereocenters. The Kier molecular flexibility index (Phi) is 7.92. The molecule has 2 rings (SSSR count). The van der Waals surface area contributed by atoms with E-state index in [0.29, 0.717) is 0 Å². The number of aliphatic carboxylic acids is 1. The summed E-state index contributed by atoms with van der Waals surface area (Å²) in [4.78, 5) is 42.5. The molecule has 2 aromatic rings. The Morgan fingerprint density at radius 2 is 1.57 bits per heavy atom. The van der Waals surface area contributed by atoms with Crippen LogP contribution in [-0.4, -0.2) is 44.6 Å². The molecule has 8 nitrogen and oxygen atoms in total. The van der Waals surface area contributed by atoms with Crippen molar-refractivity contribution in [1.29, 1.82) is 0 Å². The first kappa shape index (κ1) is 23.8. The number of rotatable bonds is 10. The number of benzene rings is 2. The Morgan fingerprint density at radius 3 is 2.10 bits per heavy atom. The normalized spacial score (nSPS) is 12.9. The predicted octanol–water partition coefficient (Wildman–Crippen LogP) is 2.36. The molecule has 0 radical (unpaired) electrons. The molecule has 9 heteroatoms. The van der Waals surface area contributed by atoms with Gasteiger partial charge in [0.05, 0.1) is 12.5 Å². The van der Waals surface area contributed by atoms with E-state index in [9.17, 15) is 23.9 Å². The summed E-state index contributed by atoms with van der Waals surface area (Å²) in [6, 6.07) is 16.4. The average molecular weight is 434 g/mol. The second kappa shape index (κ2) is 10.00. The van der Waals surface area contributed by atoms with Crippen molar-refractivity contribution in [3.05, 3.63) is 60.2 Å². The van der Waals surface area contributed by atoms with Gasteiger partial charge in [-0.25, -0.2) is 0 Å². The van der Waals surface area contributed by atoms with Crippen molar-refractivity contribution in [1.82, 2.24) is 10.6 Å². The maximum Gasteiger partial charge on any atom is 0.344 e. The maximum atomic E-state index is 12.6. The van der Waals surface area contributed by atoms with Crippen molar-refractivity contribution in [3.8, 4) is 11.1 Å². The number of hydrogen-bond acceptors (Lipinski definition) is 4. The van der Waals surface area contributed by atoms with E-state index in [0.717, 1.165) is 16.7 Å². The summed E-state index contributed by atoms with van der Waals surface area (Å²) in [7, 11) is -4.54. The van der Waals surface area contributed by atoms with E-state index in [1.165, 1.54) is 13.8 Å². The fraction of sp³-hybridized carbons (Fsp3) is 0.333. The Labute approximate surface area is 175 Å². The molecule has 0 saturated heterocycles. The minimum atomic E-state index is -4.54. The number of carbonyl (C=O) groups is 2. The summed E-state index contributed by atoms with van der Waals surface area (Å²) >= 11 is 0. The Bertz CT molecular complexity index is 909. The summed E-state index contributed by atoms with van der Waals surface area (Å²) in [6.45, 7) is 2.57. The number of amides is 1. The van der Waals surface area contributed by atoms with Gasteiger partial charge in [0.15, 0.2) is 0 Å². The smallest absolute Gasteiger partial charge is 0.344 e. The van der Waals surface area contributed by atoms with Crippen LogP contribution in [0.25, 0.3) is 11.1 Å². The molecule has 1 unspecified atom stereocenters. The molecular formula is C21H27N2O6P. The first-order chi connectivity index (χ1) is 14.0. The molecule has 30 heavy (non-hydrogen) atoms. The van der Waals surface area contributed by atoms with Crippen LogP contribution in [0.15, 0.2) is 54.6 Å². The Hall–Kier alpha value is -2.51. The SMILES string of the molecule is CC(C)(NC(Cc1ccc(-c2ccccc2)cc1)C(=O)NCCC(=O)O)P(=O)(O)O. The summed E-state index contributed by atoms with van der Waals surface area (Å²) in [6.07, 6.45) is -0.0659. The second-order valence-corrected chi connectivity index (χ2v) is 9.71. The highest BCUT2D eigenvalue weighted by molar-refractivity contribution is 7.53. The van der Waals surface area contributed by atoms with Gasteiger partial charge in [-0.1, -0.05) is 54.6 Å². The molecular weight excluding hydrogens is 407 g/mol. The highest BCUT2D eigenvalue weighted by Gasteiger charge is 2.40. The lowest BCUT2D eigenvalue weighted by atomic mass is 10.00. The van der Waals surface area contributed by atoms with E-state index in [-0.39, 0.29) is 19.4 Å². The highest BCUT2D eigenvalue weighted by Crippen LogP contribution is 2.48. The van der Waals surface area contributed by atoms with Crippen molar-refractivity contribution in [2.45, 2.75) is 38.0 Å². The van der Waals surface area contributed by atoms with Crippen LogP contribution in [0.3, 0.4) is 0 Å². The Balaban J connectivity index is 2.18. The van der Waals surface area contributed by atoms with Gasteiger partial charge in [0.25, 0.3) is 0 Å². The third kappa shape index (κ3) is 6.78. The highest BCUT2D eigenvalue weighted by atomic mass is 31.2. The monoisotopic (exact) mass is 434 g/mol. The number of carbonyl (C=O) groups excluding carboxylic acids is 1. The van der Waals surface area contributed by atoms with Crippen molar-refractivity contribution in [3.63, 3.8) is 0 Å². The molecule has 0 bridgehead atoms. The lowest BCUT2D eigenvalue weighted by Crippen LogP contribution is -2.53. The molecule has 1 amide bonds. The third-order valence-corrected chi connectivity index (χ3v) is 6.30. The van der Waals surface area contributed by atoms with Crippen LogP contribution in [0.5, 0.6) is 0 Å². The zero-order valence-corrected chi connectivity index (χ0v) is 17.8. The lowest BCUT2D eigenvalue weighted by Gasteiger charge is -2.32. The lowest BCUT2D eigenvalue weighted by molar-refractivity contribution is -0.137. The fourth-order valence-corrected chi connectivity index (χ4v) is 3.16.